The highest BCUT2D eigenvalue weighted by molar-refractivity contribution is 6.10. The van der Waals surface area contributed by atoms with Gasteiger partial charge in [-0.1, -0.05) is 25.8 Å². The Balaban J connectivity index is 2.72. The van der Waals surface area contributed by atoms with Crippen LogP contribution in [0.5, 0.6) is 0 Å². The lowest BCUT2D eigenvalue weighted by Gasteiger charge is -2.37. The van der Waals surface area contributed by atoms with Crippen LogP contribution in [0.1, 0.15) is 39.2 Å². The number of rotatable bonds is 12. The molecule has 1 aromatic rings. The molecule has 1 heterocycles. The first kappa shape index (κ1) is 30.5. The molecule has 0 saturated carbocycles. The van der Waals surface area contributed by atoms with E-state index in [1.54, 1.807) is 13.8 Å². The summed E-state index contributed by atoms with van der Waals surface area (Å²) in [6, 6.07) is 3.02. The second-order valence-electron chi connectivity index (χ2n) is 8.90. The van der Waals surface area contributed by atoms with Gasteiger partial charge in [-0.05, 0) is 69.0 Å². The monoisotopic (exact) mass is 530 g/mol. The predicted molar refractivity (Wildman–Crippen MR) is 144 cm³/mol. The number of hydrogen-bond acceptors (Lipinski definition) is 4. The number of nitrogens with zero attached hydrogens (tertiary/aromatic N) is 2. The van der Waals surface area contributed by atoms with Gasteiger partial charge in [-0.3, -0.25) is 9.79 Å². The minimum atomic E-state index is -3.00. The quantitative estimate of drug-likeness (QED) is 0.144. The fourth-order valence-corrected chi connectivity index (χ4v) is 4.56. The van der Waals surface area contributed by atoms with Gasteiger partial charge in [0.1, 0.15) is 11.6 Å². The number of benzene rings is 1. The molecular weight excluding hydrogens is 496 g/mol. The lowest BCUT2D eigenvalue weighted by atomic mass is 9.84. The van der Waals surface area contributed by atoms with Crippen LogP contribution in [-0.4, -0.2) is 35.1 Å². The van der Waals surface area contributed by atoms with Crippen molar-refractivity contribution in [2.75, 3.05) is 6.54 Å². The van der Waals surface area contributed by atoms with E-state index in [2.05, 4.69) is 35.5 Å². The molecule has 5 nitrogen and oxygen atoms in total. The first-order valence-electron chi connectivity index (χ1n) is 12.1. The van der Waals surface area contributed by atoms with E-state index in [-0.39, 0.29) is 29.0 Å². The molecule has 204 valence electrons. The Bertz CT molecular complexity index is 1180. The molecule has 1 fully saturated rings. The van der Waals surface area contributed by atoms with Gasteiger partial charge in [-0.2, -0.15) is 0 Å². The molecule has 2 N–H and O–H groups in total. The third-order valence-corrected chi connectivity index (χ3v) is 6.52. The normalized spacial score (nSPS) is 19.7. The van der Waals surface area contributed by atoms with Gasteiger partial charge < -0.3 is 10.7 Å². The number of allylic oxidation sites excluding steroid dienone is 4. The highest BCUT2D eigenvalue weighted by Crippen LogP contribution is 2.36. The maximum atomic E-state index is 14.2. The van der Waals surface area contributed by atoms with Gasteiger partial charge in [0.25, 0.3) is 12.3 Å². The van der Waals surface area contributed by atoms with Crippen molar-refractivity contribution in [1.29, 1.82) is 0 Å². The van der Waals surface area contributed by atoms with Gasteiger partial charge >= 0.3 is 0 Å². The number of halogens is 4. The zero-order valence-electron chi connectivity index (χ0n) is 22.0. The van der Waals surface area contributed by atoms with E-state index >= 15 is 0 Å². The molecule has 1 saturated heterocycles. The van der Waals surface area contributed by atoms with Crippen LogP contribution in [-0.2, 0) is 11.2 Å². The molecule has 1 atom stereocenters. The molecule has 1 amide bonds. The van der Waals surface area contributed by atoms with Crippen molar-refractivity contribution in [3.8, 4) is 0 Å². The topological polar surface area (TPSA) is 56.7 Å². The van der Waals surface area contributed by atoms with Crippen LogP contribution < -0.4 is 10.7 Å². The van der Waals surface area contributed by atoms with E-state index in [4.69, 9.17) is 0 Å². The second-order valence-corrected chi connectivity index (χ2v) is 8.90. The summed E-state index contributed by atoms with van der Waals surface area (Å²) in [5, 5.41) is 4.52. The third-order valence-electron chi connectivity index (χ3n) is 6.52. The minimum absolute atomic E-state index is 0.133. The fourth-order valence-electron chi connectivity index (χ4n) is 4.56. The molecular formula is C29H34F4N4O. The maximum Gasteiger partial charge on any atom is 0.267 e. The molecule has 0 spiro atoms. The van der Waals surface area contributed by atoms with Gasteiger partial charge in [-0.15, -0.1) is 0 Å². The van der Waals surface area contributed by atoms with Gasteiger partial charge in [0, 0.05) is 37.0 Å². The Morgan fingerprint density at radius 1 is 1.21 bits per heavy atom. The number of aliphatic imine (C=N–C) groups is 1. The largest absolute Gasteiger partial charge is 0.326 e. The Hall–Kier alpha value is -3.72. The summed E-state index contributed by atoms with van der Waals surface area (Å²) in [6.07, 6.45) is 4.97. The molecule has 38 heavy (non-hydrogen) atoms. The summed E-state index contributed by atoms with van der Waals surface area (Å²) in [7, 11) is 0. The second kappa shape index (κ2) is 13.7. The fraction of sp³-hybridized carbons (Fsp3) is 0.310. The van der Waals surface area contributed by atoms with Crippen molar-refractivity contribution in [3.05, 3.63) is 108 Å². The average molecular weight is 531 g/mol. The van der Waals surface area contributed by atoms with Crippen molar-refractivity contribution >= 4 is 11.6 Å². The molecule has 2 rings (SSSR count). The molecule has 1 aromatic carbocycles. The molecule has 1 aliphatic heterocycles. The van der Waals surface area contributed by atoms with E-state index in [1.165, 1.54) is 18.4 Å². The summed E-state index contributed by atoms with van der Waals surface area (Å²) in [4.78, 5) is 17.7. The zero-order chi connectivity index (χ0) is 28.5. The molecule has 9 heteroatoms. The van der Waals surface area contributed by atoms with Crippen LogP contribution in [0.3, 0.4) is 0 Å². The van der Waals surface area contributed by atoms with E-state index in [9.17, 15) is 22.4 Å². The molecule has 0 radical (unpaired) electrons. The number of nitrogens with one attached hydrogen (secondary N) is 2. The van der Waals surface area contributed by atoms with Crippen LogP contribution in [0, 0.1) is 11.6 Å². The Morgan fingerprint density at radius 3 is 2.39 bits per heavy atom. The first-order valence-corrected chi connectivity index (χ1v) is 12.1. The van der Waals surface area contributed by atoms with Gasteiger partial charge in [0.2, 0.25) is 0 Å². The van der Waals surface area contributed by atoms with Crippen LogP contribution >= 0.6 is 0 Å². The summed E-state index contributed by atoms with van der Waals surface area (Å²) in [5.41, 5.74) is 2.59. The predicted octanol–water partition coefficient (Wildman–Crippen LogP) is 6.31. The van der Waals surface area contributed by atoms with Crippen molar-refractivity contribution in [1.82, 2.24) is 15.8 Å². The lowest BCUT2D eigenvalue weighted by molar-refractivity contribution is -0.117. The Kier molecular flexibility index (Phi) is 11.0. The summed E-state index contributed by atoms with van der Waals surface area (Å²) in [5.74, 6) is -2.26. The molecule has 1 aliphatic rings. The number of carbonyl (C=O) groups is 1. The van der Waals surface area contributed by atoms with Crippen molar-refractivity contribution in [3.63, 3.8) is 0 Å². The van der Waals surface area contributed by atoms with E-state index in [0.717, 1.165) is 36.9 Å². The zero-order valence-corrected chi connectivity index (χ0v) is 22.0. The SMILES string of the molecule is C=CN=C(C=C)/C(=C(/C=C\C)NC(=O)/C(Cc1cc(F)cc(F)c1)=C(\C)C1(C)CCCN1NC=C)C(F)F. The number of carbonyl (C=O) groups excluding carboxylic acids is 1. The van der Waals surface area contributed by atoms with Crippen molar-refractivity contribution < 1.29 is 22.4 Å². The van der Waals surface area contributed by atoms with E-state index < -0.39 is 35.1 Å². The lowest BCUT2D eigenvalue weighted by Crippen LogP contribution is -2.49. The van der Waals surface area contributed by atoms with Crippen LogP contribution in [0.15, 0.2) is 96.0 Å². The van der Waals surface area contributed by atoms with Crippen molar-refractivity contribution in [2.24, 2.45) is 4.99 Å². The Morgan fingerprint density at radius 2 is 1.87 bits per heavy atom. The van der Waals surface area contributed by atoms with E-state index in [1.807, 2.05) is 11.9 Å². The molecule has 0 bridgehead atoms. The number of hydrazine groups is 1. The first-order chi connectivity index (χ1) is 18.0. The van der Waals surface area contributed by atoms with Gasteiger partial charge in [-0.25, -0.2) is 22.6 Å². The van der Waals surface area contributed by atoms with Crippen LogP contribution in [0.4, 0.5) is 17.6 Å². The van der Waals surface area contributed by atoms with Crippen LogP contribution in [0.2, 0.25) is 0 Å². The maximum absolute atomic E-state index is 14.2. The highest BCUT2D eigenvalue weighted by Gasteiger charge is 2.40. The van der Waals surface area contributed by atoms with Crippen LogP contribution in [0.25, 0.3) is 0 Å². The van der Waals surface area contributed by atoms with Gasteiger partial charge in [0.05, 0.1) is 22.5 Å². The summed E-state index contributed by atoms with van der Waals surface area (Å²) >= 11 is 0. The minimum Gasteiger partial charge on any atom is -0.326 e. The smallest absolute Gasteiger partial charge is 0.267 e. The number of hydrogen-bond donors (Lipinski definition) is 2. The third kappa shape index (κ3) is 7.19. The highest BCUT2D eigenvalue weighted by atomic mass is 19.3. The van der Waals surface area contributed by atoms with Gasteiger partial charge in [0.15, 0.2) is 0 Å². The molecule has 0 aliphatic carbocycles. The number of alkyl halides is 2. The van der Waals surface area contributed by atoms with E-state index in [0.29, 0.717) is 18.5 Å². The summed E-state index contributed by atoms with van der Waals surface area (Å²) < 4.78 is 56.4. The Labute approximate surface area is 221 Å². The average Bonchev–Trinajstić information content (AvgIpc) is 3.22. The molecule has 0 aromatic heterocycles. The standard InChI is InChI=1S/C29H34F4N4O/c1-7-12-25(26(27(32)33)24(8-2)34-9-3)36-28(38)23(17-20-15-21(30)18-22(31)16-20)19(5)29(6)13-11-14-37(29)35-10-4/h7-10,12,15-16,18,27,35H,2-4,11,13-14,17H2,1,5-6H3,(H,36,38)/b12-7-,23-19+,26-25+,34-24?. The molecule has 1 unspecified atom stereocenters. The van der Waals surface area contributed by atoms with Crippen molar-refractivity contribution in [2.45, 2.75) is 52.0 Å². The summed E-state index contributed by atoms with van der Waals surface area (Å²) in [6.45, 7) is 16.7. The number of amides is 1.